The first kappa shape index (κ1) is 87.7. The second-order valence-electron chi connectivity index (χ2n) is 28.6. The van der Waals surface area contributed by atoms with Gasteiger partial charge in [-0.2, -0.15) is 0 Å². The predicted molar refractivity (Wildman–Crippen MR) is 373 cm³/mol. The number of carbonyl (C=O) groups is 3. The number of carbonyl (C=O) groups excluding carboxylic acids is 2. The Balaban J connectivity index is 0.880. The number of aromatic nitrogens is 12. The van der Waals surface area contributed by atoms with Crippen LogP contribution in [0.4, 0.5) is 0 Å². The van der Waals surface area contributed by atoms with E-state index in [2.05, 4.69) is 56.8 Å². The summed E-state index contributed by atoms with van der Waals surface area (Å²) in [6.07, 6.45) is -1.57. The molecule has 8 rings (SSSR count). The largest absolute Gasteiger partial charge is 0.480 e. The van der Waals surface area contributed by atoms with E-state index < -0.39 is 173 Å². The van der Waals surface area contributed by atoms with E-state index in [1.54, 1.807) is 49.9 Å². The van der Waals surface area contributed by atoms with Crippen LogP contribution in [-0.2, 0) is 105 Å². The van der Waals surface area contributed by atoms with E-state index >= 15 is 0 Å². The summed E-state index contributed by atoms with van der Waals surface area (Å²) in [5, 5.41) is 174. The SMILES string of the molecule is CC(=O)N[C@H]1[C@H](OCCCCCn2cc(CN(CCCCC(C(=O)O)N(Cc3cn(CCCCCO[C@@H]4O[C@H](CO)[C@H](O)[C@H](O)[C@H]4C)nn3)Cc3cn(CCCCCO[C@@H]4O[C@H](CO)[C@H](O)[C@H](O)[C@H]4NC(C)=O)nn3)Cc3cn(CCCCCO[C@@H]4O[C@H](CO)[C@H](O)[C@H](O)[C@H]4C)nn3)nn2)O[C@H](CO)[C@H](O)[C@@H]1O. The molecular weight excluding hydrogens is 1420 g/mol. The van der Waals surface area contributed by atoms with Gasteiger partial charge in [-0.05, 0) is 96.4 Å². The lowest BCUT2D eigenvalue weighted by atomic mass is 9.92. The van der Waals surface area contributed by atoms with E-state index in [9.17, 15) is 80.8 Å². The van der Waals surface area contributed by atoms with Gasteiger partial charge in [0.2, 0.25) is 11.8 Å². The van der Waals surface area contributed by atoms with Crippen LogP contribution < -0.4 is 10.6 Å². The second-order valence-corrected chi connectivity index (χ2v) is 28.6. The number of hydrogen-bond donors (Lipinski definition) is 15. The Morgan fingerprint density at radius 3 is 1.05 bits per heavy atom. The lowest BCUT2D eigenvalue weighted by Crippen LogP contribution is -2.64. The van der Waals surface area contributed by atoms with Crippen molar-refractivity contribution in [3.63, 3.8) is 0 Å². The van der Waals surface area contributed by atoms with Crippen molar-refractivity contribution in [2.45, 2.75) is 293 Å². The van der Waals surface area contributed by atoms with Crippen molar-refractivity contribution < 1.29 is 119 Å². The maximum Gasteiger partial charge on any atom is 0.320 e. The molecule has 0 radical (unpaired) electrons. The maximum atomic E-state index is 13.6. The topological polar surface area (TPSA) is 541 Å². The van der Waals surface area contributed by atoms with Gasteiger partial charge in [-0.15, -0.1) is 20.4 Å². The van der Waals surface area contributed by atoms with Gasteiger partial charge in [0.1, 0.15) is 79.2 Å². The van der Waals surface area contributed by atoms with E-state index in [4.69, 9.17) is 37.9 Å². The molecule has 4 aliphatic heterocycles. The van der Waals surface area contributed by atoms with Crippen molar-refractivity contribution in [2.24, 2.45) is 11.8 Å². The van der Waals surface area contributed by atoms with E-state index in [1.807, 2.05) is 12.4 Å². The minimum absolute atomic E-state index is 0.0942. The van der Waals surface area contributed by atoms with Gasteiger partial charge in [-0.3, -0.25) is 42.9 Å². The molecule has 2 amide bonds. The van der Waals surface area contributed by atoms with Crippen LogP contribution in [0.25, 0.3) is 0 Å². The highest BCUT2D eigenvalue weighted by atomic mass is 16.7. The number of nitrogens with one attached hydrogen (secondary N) is 2. The number of aliphatic carboxylic acids is 1. The summed E-state index contributed by atoms with van der Waals surface area (Å²) in [4.78, 5) is 41.3. The Hall–Kier alpha value is -5.91. The minimum Gasteiger partial charge on any atom is -0.480 e. The number of carboxylic acid groups (broad SMARTS) is 1. The Kier molecular flexibility index (Phi) is 36.5. The van der Waals surface area contributed by atoms with Crippen LogP contribution in [0, 0.1) is 11.8 Å². The summed E-state index contributed by atoms with van der Waals surface area (Å²) in [6.45, 7) is 8.44. The summed E-state index contributed by atoms with van der Waals surface area (Å²) in [6, 6.07) is -3.12. The third-order valence-corrected chi connectivity index (χ3v) is 19.9. The molecule has 8 heterocycles. The number of aliphatic hydroxyl groups excluding tert-OH is 12. The average molecular weight is 1540 g/mol. The molecule has 0 aliphatic carbocycles. The molecule has 4 aliphatic rings. The van der Waals surface area contributed by atoms with Crippen LogP contribution in [0.15, 0.2) is 24.8 Å². The molecule has 4 saturated heterocycles. The smallest absolute Gasteiger partial charge is 0.320 e. The van der Waals surface area contributed by atoms with E-state index in [1.165, 1.54) is 13.8 Å². The molecule has 0 saturated carbocycles. The van der Waals surface area contributed by atoms with Crippen LogP contribution >= 0.6 is 0 Å². The van der Waals surface area contributed by atoms with Crippen molar-refractivity contribution in [2.75, 3.05) is 59.4 Å². The molecular formula is C68H116N16O24. The number of aliphatic hydroxyl groups is 12. The summed E-state index contributed by atoms with van der Waals surface area (Å²) in [7, 11) is 0. The summed E-state index contributed by atoms with van der Waals surface area (Å²) >= 11 is 0. The highest BCUT2D eigenvalue weighted by Crippen LogP contribution is 2.30. The lowest BCUT2D eigenvalue weighted by Gasteiger charge is -2.42. The molecule has 4 fully saturated rings. The monoisotopic (exact) mass is 1540 g/mol. The van der Waals surface area contributed by atoms with Crippen LogP contribution in [0.3, 0.4) is 0 Å². The van der Waals surface area contributed by atoms with Crippen molar-refractivity contribution in [3.05, 3.63) is 47.6 Å². The number of rotatable bonds is 49. The molecule has 108 heavy (non-hydrogen) atoms. The molecule has 0 aromatic carbocycles. The molecule has 0 spiro atoms. The van der Waals surface area contributed by atoms with E-state index in [0.29, 0.717) is 152 Å². The highest BCUT2D eigenvalue weighted by Gasteiger charge is 2.48. The van der Waals surface area contributed by atoms with Gasteiger partial charge in [0.15, 0.2) is 25.2 Å². The van der Waals surface area contributed by atoms with Gasteiger partial charge in [-0.1, -0.05) is 41.1 Å². The molecule has 0 bridgehead atoms. The van der Waals surface area contributed by atoms with Crippen molar-refractivity contribution >= 4 is 17.8 Å². The second kappa shape index (κ2) is 45.0. The van der Waals surface area contributed by atoms with E-state index in [0.717, 1.165) is 19.3 Å². The number of hydrogen-bond acceptors (Lipinski definition) is 33. The van der Waals surface area contributed by atoms with Gasteiger partial charge < -0.3 is 115 Å². The number of nitrogens with zero attached hydrogens (tertiary/aromatic N) is 14. The fourth-order valence-corrected chi connectivity index (χ4v) is 13.6. The van der Waals surface area contributed by atoms with Gasteiger partial charge in [0.05, 0.1) is 61.4 Å². The number of amides is 2. The average Bonchev–Trinajstić information content (AvgIpc) is 1.29. The zero-order valence-corrected chi connectivity index (χ0v) is 62.1. The molecule has 21 atom stereocenters. The molecule has 4 aromatic heterocycles. The Bertz CT molecular complexity index is 3230. The quantitative estimate of drug-likeness (QED) is 0.0188. The Morgan fingerprint density at radius 1 is 0.426 bits per heavy atom. The van der Waals surface area contributed by atoms with E-state index in [-0.39, 0.29) is 32.7 Å². The predicted octanol–water partition coefficient (Wildman–Crippen LogP) is -3.83. The molecule has 4 aromatic rings. The molecule has 1 unspecified atom stereocenters. The first-order valence-corrected chi connectivity index (χ1v) is 37.7. The zero-order valence-electron chi connectivity index (χ0n) is 62.1. The highest BCUT2D eigenvalue weighted by molar-refractivity contribution is 5.74. The van der Waals surface area contributed by atoms with Crippen molar-refractivity contribution in [3.8, 4) is 0 Å². The summed E-state index contributed by atoms with van der Waals surface area (Å²) in [5.74, 6) is -2.97. The fraction of sp³-hybridized carbons (Fsp3) is 0.838. The standard InChI is InChI=1S/C68H116N16O24/c1-41-56(91)58(93)50(37-85)105-65(41)101-25-15-5-10-21-81-33-45(71-75-81)29-79(30-46-34-82(76-72-46)22-12-7-17-27-103-67-54(69-43(3)89)62(97)60(95)52(39-87)107-67)20-14-9-19-49(64(99)100)80(31-47-35-83(77-73-47)23-11-6-16-26-102-66-42(2)57(92)59(94)51(38-86)106-66)32-48-36-84(78-74-48)24-13-8-18-28-104-68-55(70-44(4)90)63(98)61(96)53(40-88)108-68/h33-36,41-42,49-63,65-68,85-88,91-98H,5-32,37-40H2,1-4H3,(H,69,89)(H,70,90)(H,99,100)/t41-,42-,49?,50-,51-,52-,53-,54-,55-,56-,57-,58+,59+,60+,61+,62-,63-,65-,66-,67-,68-/m1/s1. The Labute approximate surface area is 626 Å². The van der Waals surface area contributed by atoms with Crippen LogP contribution in [0.5, 0.6) is 0 Å². The van der Waals surface area contributed by atoms with Crippen molar-refractivity contribution in [1.29, 1.82) is 0 Å². The third-order valence-electron chi connectivity index (χ3n) is 19.9. The Morgan fingerprint density at radius 2 is 0.731 bits per heavy atom. The number of ether oxygens (including phenoxy) is 8. The molecule has 40 nitrogen and oxygen atoms in total. The molecule has 40 heteroatoms. The zero-order chi connectivity index (χ0) is 77.8. The molecule has 612 valence electrons. The van der Waals surface area contributed by atoms with Gasteiger partial charge in [0.25, 0.3) is 0 Å². The summed E-state index contributed by atoms with van der Waals surface area (Å²) in [5.41, 5.74) is 2.42. The first-order valence-electron chi connectivity index (χ1n) is 37.7. The van der Waals surface area contributed by atoms with Crippen LogP contribution in [0.1, 0.15) is 147 Å². The van der Waals surface area contributed by atoms with Crippen LogP contribution in [0.2, 0.25) is 0 Å². The van der Waals surface area contributed by atoms with Gasteiger partial charge in [0, 0.05) is 129 Å². The number of carboxylic acids is 1. The third kappa shape index (κ3) is 26.4. The maximum absolute atomic E-state index is 13.6. The normalized spacial score (nSPS) is 29.3. The van der Waals surface area contributed by atoms with Crippen molar-refractivity contribution in [1.82, 2.24) is 80.4 Å². The lowest BCUT2D eigenvalue weighted by molar-refractivity contribution is -0.282. The fourth-order valence-electron chi connectivity index (χ4n) is 13.6. The summed E-state index contributed by atoms with van der Waals surface area (Å²) < 4.78 is 53.3. The van der Waals surface area contributed by atoms with Gasteiger partial charge >= 0.3 is 5.97 Å². The first-order chi connectivity index (χ1) is 52.0. The molecule has 15 N–H and O–H groups in total. The number of unbranched alkanes of at least 4 members (excludes halogenated alkanes) is 9. The minimum atomic E-state index is -1.44. The van der Waals surface area contributed by atoms with Crippen LogP contribution in [-0.4, -0.2) is 330 Å². The number of aryl methyl sites for hydroxylation is 4. The van der Waals surface area contributed by atoms with Gasteiger partial charge in [-0.25, -0.2) is 0 Å².